The van der Waals surface area contributed by atoms with Crippen LogP contribution >= 0.6 is 34.5 Å². The maximum absolute atomic E-state index is 12.7. The highest BCUT2D eigenvalue weighted by Gasteiger charge is 2.23. The highest BCUT2D eigenvalue weighted by Crippen LogP contribution is 2.29. The molecule has 27 heavy (non-hydrogen) atoms. The van der Waals surface area contributed by atoms with E-state index >= 15 is 0 Å². The minimum absolute atomic E-state index is 0.0391. The van der Waals surface area contributed by atoms with Crippen LogP contribution in [0.3, 0.4) is 0 Å². The van der Waals surface area contributed by atoms with Crippen LogP contribution in [0.4, 0.5) is 5.69 Å². The maximum Gasteiger partial charge on any atom is 0.238 e. The number of carbonyl (C=O) groups is 2. The molecule has 0 saturated heterocycles. The first-order valence-electron chi connectivity index (χ1n) is 8.77. The van der Waals surface area contributed by atoms with Gasteiger partial charge in [-0.15, -0.1) is 11.3 Å². The van der Waals surface area contributed by atoms with Gasteiger partial charge in [-0.05, 0) is 42.1 Å². The van der Waals surface area contributed by atoms with Gasteiger partial charge in [-0.2, -0.15) is 0 Å². The predicted molar refractivity (Wildman–Crippen MR) is 111 cm³/mol. The van der Waals surface area contributed by atoms with Crippen LogP contribution in [-0.4, -0.2) is 47.8 Å². The molecule has 1 aromatic heterocycles. The summed E-state index contributed by atoms with van der Waals surface area (Å²) < 4.78 is 0. The molecule has 1 aromatic carbocycles. The Hall–Kier alpha value is -1.60. The van der Waals surface area contributed by atoms with Gasteiger partial charge in [0.25, 0.3) is 0 Å². The number of nitrogens with zero attached hydrogens (tertiary/aromatic N) is 2. The highest BCUT2D eigenvalue weighted by atomic mass is 35.5. The number of nitrogens with one attached hydrogen (secondary N) is 1. The van der Waals surface area contributed by atoms with Crippen molar-refractivity contribution >= 4 is 52.0 Å². The lowest BCUT2D eigenvalue weighted by Gasteiger charge is -2.29. The van der Waals surface area contributed by atoms with Crippen LogP contribution in [-0.2, 0) is 22.6 Å². The van der Waals surface area contributed by atoms with E-state index in [0.29, 0.717) is 28.8 Å². The molecule has 1 aliphatic rings. The number of rotatable bonds is 6. The van der Waals surface area contributed by atoms with Gasteiger partial charge >= 0.3 is 0 Å². The maximum atomic E-state index is 12.7. The SMILES string of the molecule is CCN(CC(=O)Nc1c(Cl)cccc1Cl)CC(=O)N1CCc2sccc2C1. The number of para-hydroxylation sites is 1. The zero-order valence-electron chi connectivity index (χ0n) is 15.0. The summed E-state index contributed by atoms with van der Waals surface area (Å²) in [5.74, 6) is -0.212. The normalized spacial score (nSPS) is 13.6. The van der Waals surface area contributed by atoms with Crippen LogP contribution in [0.1, 0.15) is 17.4 Å². The molecule has 144 valence electrons. The molecule has 1 N–H and O–H groups in total. The summed E-state index contributed by atoms with van der Waals surface area (Å²) >= 11 is 13.9. The van der Waals surface area contributed by atoms with Crippen LogP contribution in [0.2, 0.25) is 10.0 Å². The van der Waals surface area contributed by atoms with Gasteiger partial charge in [-0.3, -0.25) is 14.5 Å². The van der Waals surface area contributed by atoms with Crippen molar-refractivity contribution in [3.63, 3.8) is 0 Å². The van der Waals surface area contributed by atoms with E-state index in [1.165, 1.54) is 10.4 Å². The van der Waals surface area contributed by atoms with Gasteiger partial charge in [0.2, 0.25) is 11.8 Å². The quantitative estimate of drug-likeness (QED) is 0.763. The van der Waals surface area contributed by atoms with Crippen molar-refractivity contribution in [1.29, 1.82) is 0 Å². The van der Waals surface area contributed by atoms with Crippen molar-refractivity contribution in [1.82, 2.24) is 9.80 Å². The second-order valence-corrected chi connectivity index (χ2v) is 8.20. The summed E-state index contributed by atoms with van der Waals surface area (Å²) in [7, 11) is 0. The van der Waals surface area contributed by atoms with Crippen molar-refractivity contribution in [2.24, 2.45) is 0 Å². The van der Waals surface area contributed by atoms with Crippen LogP contribution in [0.5, 0.6) is 0 Å². The minimum atomic E-state index is -0.251. The van der Waals surface area contributed by atoms with Crippen molar-refractivity contribution in [3.05, 3.63) is 50.1 Å². The fraction of sp³-hybridized carbons (Fsp3) is 0.368. The average Bonchev–Trinajstić information content (AvgIpc) is 3.12. The number of hydrogen-bond donors (Lipinski definition) is 1. The molecule has 2 aromatic rings. The van der Waals surface area contributed by atoms with Crippen LogP contribution in [0.15, 0.2) is 29.6 Å². The molecule has 0 fully saturated rings. The first-order chi connectivity index (χ1) is 13.0. The summed E-state index contributed by atoms with van der Waals surface area (Å²) in [6.07, 6.45) is 0.899. The predicted octanol–water partition coefficient (Wildman–Crippen LogP) is 3.90. The molecule has 0 unspecified atom stereocenters. The number of halogens is 2. The molecule has 2 amide bonds. The second-order valence-electron chi connectivity index (χ2n) is 6.38. The number of carbonyl (C=O) groups excluding carboxylic acids is 2. The Labute approximate surface area is 172 Å². The van der Waals surface area contributed by atoms with Gasteiger partial charge in [0.15, 0.2) is 0 Å². The molecule has 0 spiro atoms. The standard InChI is InChI=1S/C19H21Cl2N3O2S/c1-2-23(11-17(25)22-19-14(20)4-3-5-15(19)21)12-18(26)24-8-6-16-13(10-24)7-9-27-16/h3-5,7,9H,2,6,8,10-12H2,1H3,(H,22,25). The number of anilines is 1. The van der Waals surface area contributed by atoms with Gasteiger partial charge < -0.3 is 10.2 Å². The lowest BCUT2D eigenvalue weighted by Crippen LogP contribution is -2.44. The van der Waals surface area contributed by atoms with Crippen molar-refractivity contribution < 1.29 is 9.59 Å². The Bertz CT molecular complexity index is 820. The minimum Gasteiger partial charge on any atom is -0.337 e. The lowest BCUT2D eigenvalue weighted by molar-refractivity contribution is -0.133. The summed E-state index contributed by atoms with van der Waals surface area (Å²) in [5, 5.41) is 5.58. The Morgan fingerprint density at radius 3 is 2.67 bits per heavy atom. The Kier molecular flexibility index (Phi) is 6.76. The van der Waals surface area contributed by atoms with E-state index in [9.17, 15) is 9.59 Å². The molecule has 2 heterocycles. The zero-order valence-corrected chi connectivity index (χ0v) is 17.3. The largest absolute Gasteiger partial charge is 0.337 e. The Balaban J connectivity index is 1.56. The van der Waals surface area contributed by atoms with Crippen molar-refractivity contribution in [2.75, 3.05) is 31.5 Å². The summed E-state index contributed by atoms with van der Waals surface area (Å²) in [5.41, 5.74) is 1.63. The van der Waals surface area contributed by atoms with Crippen LogP contribution in [0, 0.1) is 0 Å². The molecule has 1 aliphatic heterocycles. The molecule has 0 radical (unpaired) electrons. The second kappa shape index (κ2) is 9.06. The van der Waals surface area contributed by atoms with Crippen LogP contribution < -0.4 is 5.32 Å². The van der Waals surface area contributed by atoms with E-state index in [1.54, 1.807) is 29.5 Å². The number of thiophene rings is 1. The number of benzene rings is 1. The van der Waals surface area contributed by atoms with E-state index < -0.39 is 0 Å². The molecule has 0 saturated carbocycles. The van der Waals surface area contributed by atoms with Crippen molar-refractivity contribution in [2.45, 2.75) is 19.9 Å². The van der Waals surface area contributed by atoms with Gasteiger partial charge in [-0.1, -0.05) is 36.2 Å². The average molecular weight is 426 g/mol. The first kappa shape index (κ1) is 20.1. The van der Waals surface area contributed by atoms with Gasteiger partial charge in [0.1, 0.15) is 0 Å². The molecule has 0 aliphatic carbocycles. The Morgan fingerprint density at radius 1 is 1.22 bits per heavy atom. The molecule has 3 rings (SSSR count). The molecule has 8 heteroatoms. The monoisotopic (exact) mass is 425 g/mol. The number of hydrogen-bond acceptors (Lipinski definition) is 4. The molecular weight excluding hydrogens is 405 g/mol. The van der Waals surface area contributed by atoms with E-state index in [2.05, 4.69) is 16.8 Å². The lowest BCUT2D eigenvalue weighted by atomic mass is 10.1. The fourth-order valence-electron chi connectivity index (χ4n) is 3.03. The fourth-order valence-corrected chi connectivity index (χ4v) is 4.41. The summed E-state index contributed by atoms with van der Waals surface area (Å²) in [4.78, 5) is 30.1. The number of amides is 2. The summed E-state index contributed by atoms with van der Waals surface area (Å²) in [6, 6.07) is 7.13. The molecular formula is C19H21Cl2N3O2S. The molecule has 0 bridgehead atoms. The van der Waals surface area contributed by atoms with Gasteiger partial charge in [0, 0.05) is 18.0 Å². The smallest absolute Gasteiger partial charge is 0.238 e. The zero-order chi connectivity index (χ0) is 19.4. The topological polar surface area (TPSA) is 52.7 Å². The van der Waals surface area contributed by atoms with E-state index in [-0.39, 0.29) is 24.9 Å². The van der Waals surface area contributed by atoms with E-state index in [1.807, 2.05) is 16.7 Å². The molecule has 0 atom stereocenters. The summed E-state index contributed by atoms with van der Waals surface area (Å²) in [6.45, 7) is 4.20. The third-order valence-corrected chi connectivity index (χ3v) is 6.21. The number of fused-ring (bicyclic) bond motifs is 1. The van der Waals surface area contributed by atoms with Gasteiger partial charge in [-0.25, -0.2) is 0 Å². The molecule has 5 nitrogen and oxygen atoms in total. The van der Waals surface area contributed by atoms with E-state index in [4.69, 9.17) is 23.2 Å². The third-order valence-electron chi connectivity index (χ3n) is 4.56. The van der Waals surface area contributed by atoms with E-state index in [0.717, 1.165) is 13.0 Å². The Morgan fingerprint density at radius 2 is 1.96 bits per heavy atom. The third kappa shape index (κ3) is 5.02. The van der Waals surface area contributed by atoms with Crippen molar-refractivity contribution in [3.8, 4) is 0 Å². The van der Waals surface area contributed by atoms with Crippen LogP contribution in [0.25, 0.3) is 0 Å². The first-order valence-corrected chi connectivity index (χ1v) is 10.4. The number of likely N-dealkylation sites (N-methyl/N-ethyl adjacent to an activating group) is 1. The van der Waals surface area contributed by atoms with Gasteiger partial charge in [0.05, 0.1) is 28.8 Å². The highest BCUT2D eigenvalue weighted by molar-refractivity contribution is 7.10.